The number of thioether (sulfide) groups is 2. The molecule has 0 saturated carbocycles. The van der Waals surface area contributed by atoms with Crippen molar-refractivity contribution >= 4 is 23.5 Å². The Bertz CT molecular complexity index is 1080. The van der Waals surface area contributed by atoms with E-state index in [1.807, 2.05) is 72.3 Å². The van der Waals surface area contributed by atoms with Crippen LogP contribution in [0.1, 0.15) is 11.1 Å². The molecule has 0 amide bonds. The minimum atomic E-state index is 0.868. The third-order valence-corrected chi connectivity index (χ3v) is 6.64. The number of aromatic nitrogens is 2. The Hall–Kier alpha value is -2.92. The fraction of sp³-hybridized carbons (Fsp3) is 0.0833. The van der Waals surface area contributed by atoms with Crippen molar-refractivity contribution in [3.63, 3.8) is 0 Å². The van der Waals surface area contributed by atoms with Crippen LogP contribution in [-0.2, 0) is 14.1 Å². The van der Waals surface area contributed by atoms with Crippen LogP contribution in [0.4, 0.5) is 0 Å². The molecule has 4 rings (SSSR count). The van der Waals surface area contributed by atoms with Crippen molar-refractivity contribution < 1.29 is 9.13 Å². The van der Waals surface area contributed by atoms with Crippen LogP contribution >= 0.6 is 23.5 Å². The number of aryl methyl sites for hydroxylation is 2. The first kappa shape index (κ1) is 18.4. The van der Waals surface area contributed by atoms with Gasteiger partial charge >= 0.3 is 0 Å². The van der Waals surface area contributed by atoms with E-state index in [1.54, 1.807) is 23.5 Å². The van der Waals surface area contributed by atoms with E-state index in [1.165, 1.54) is 9.79 Å². The number of rotatable bonds is 0. The average Bonchev–Trinajstić information content (AvgIpc) is 3.14. The van der Waals surface area contributed by atoms with Gasteiger partial charge in [-0.1, -0.05) is 59.3 Å². The van der Waals surface area contributed by atoms with Gasteiger partial charge in [-0.2, -0.15) is 0 Å². The standard InChI is InChI=1S/C24H18N2S2/c1-25-15-11-19(12-16-25)7-9-21(10-8-20-13-17-26(2)18-14-20)24-27-22-5-3-4-6-23(22)28-24/h3-6,11-18H,1-2H3/q+2. The summed E-state index contributed by atoms with van der Waals surface area (Å²) in [5, 5.41) is 0. The Labute approximate surface area is 174 Å². The molecule has 28 heavy (non-hydrogen) atoms. The summed E-state index contributed by atoms with van der Waals surface area (Å²) in [4.78, 5) is 2.53. The number of benzene rings is 1. The Morgan fingerprint density at radius 1 is 0.679 bits per heavy atom. The van der Waals surface area contributed by atoms with Gasteiger partial charge in [0.25, 0.3) is 0 Å². The molecule has 0 aliphatic carbocycles. The Balaban J connectivity index is 1.71. The van der Waals surface area contributed by atoms with Gasteiger partial charge in [0.05, 0.1) is 9.81 Å². The number of hydrogen-bond acceptors (Lipinski definition) is 2. The third-order valence-electron chi connectivity index (χ3n) is 4.08. The first-order valence-corrected chi connectivity index (χ1v) is 10.4. The molecule has 0 fully saturated rings. The van der Waals surface area contributed by atoms with Crippen molar-refractivity contribution in [1.29, 1.82) is 0 Å². The van der Waals surface area contributed by atoms with E-state index >= 15 is 0 Å². The van der Waals surface area contributed by atoms with E-state index in [0.717, 1.165) is 20.9 Å². The molecule has 3 heterocycles. The molecular formula is C24H18N2S2+2. The SMILES string of the molecule is C[n+]1ccc(C#CC(C#Cc2cc[n+](C)cc2)=C2Sc3ccccc3S2)cc1. The highest BCUT2D eigenvalue weighted by atomic mass is 32.2. The van der Waals surface area contributed by atoms with Gasteiger partial charge in [0, 0.05) is 45.2 Å². The molecule has 2 aromatic heterocycles. The van der Waals surface area contributed by atoms with Gasteiger partial charge in [0.1, 0.15) is 14.1 Å². The fourth-order valence-electron chi connectivity index (χ4n) is 2.51. The number of hydrogen-bond donors (Lipinski definition) is 0. The van der Waals surface area contributed by atoms with E-state index in [9.17, 15) is 0 Å². The summed E-state index contributed by atoms with van der Waals surface area (Å²) in [7, 11) is 4.00. The predicted molar refractivity (Wildman–Crippen MR) is 114 cm³/mol. The molecule has 0 unspecified atom stereocenters. The number of nitrogens with zero attached hydrogens (tertiary/aromatic N) is 2. The van der Waals surface area contributed by atoms with Crippen LogP contribution in [-0.4, -0.2) is 0 Å². The van der Waals surface area contributed by atoms with Crippen LogP contribution in [0.3, 0.4) is 0 Å². The lowest BCUT2D eigenvalue weighted by Gasteiger charge is -1.96. The van der Waals surface area contributed by atoms with Crippen molar-refractivity contribution in [3.8, 4) is 23.7 Å². The zero-order valence-corrected chi connectivity index (χ0v) is 17.3. The first-order chi connectivity index (χ1) is 13.7. The average molecular weight is 399 g/mol. The molecule has 3 aromatic rings. The summed E-state index contributed by atoms with van der Waals surface area (Å²) in [6.07, 6.45) is 8.01. The maximum Gasteiger partial charge on any atom is 0.169 e. The first-order valence-electron chi connectivity index (χ1n) is 8.81. The topological polar surface area (TPSA) is 7.76 Å². The molecule has 0 atom stereocenters. The molecule has 1 aliphatic rings. The molecule has 134 valence electrons. The second kappa shape index (κ2) is 8.40. The predicted octanol–water partition coefficient (Wildman–Crippen LogP) is 3.85. The zero-order valence-electron chi connectivity index (χ0n) is 15.6. The lowest BCUT2D eigenvalue weighted by atomic mass is 10.2. The number of fused-ring (bicyclic) bond motifs is 1. The van der Waals surface area contributed by atoms with E-state index in [4.69, 9.17) is 0 Å². The minimum absolute atomic E-state index is 0.868. The highest BCUT2D eigenvalue weighted by Gasteiger charge is 2.19. The number of pyridine rings is 2. The van der Waals surface area contributed by atoms with Crippen molar-refractivity contribution in [2.45, 2.75) is 9.79 Å². The molecule has 0 spiro atoms. The van der Waals surface area contributed by atoms with Gasteiger partial charge in [0.2, 0.25) is 0 Å². The summed E-state index contributed by atoms with van der Waals surface area (Å²) in [6, 6.07) is 16.5. The van der Waals surface area contributed by atoms with Gasteiger partial charge in [-0.3, -0.25) is 0 Å². The van der Waals surface area contributed by atoms with E-state index < -0.39 is 0 Å². The summed E-state index contributed by atoms with van der Waals surface area (Å²) in [5.41, 5.74) is 2.83. The molecule has 0 bridgehead atoms. The van der Waals surface area contributed by atoms with Crippen molar-refractivity contribution in [2.24, 2.45) is 14.1 Å². The van der Waals surface area contributed by atoms with E-state index in [0.29, 0.717) is 0 Å². The molecule has 0 radical (unpaired) electrons. The van der Waals surface area contributed by atoms with Crippen molar-refractivity contribution in [2.75, 3.05) is 0 Å². The van der Waals surface area contributed by atoms with Gasteiger partial charge in [-0.05, 0) is 12.1 Å². The molecular weight excluding hydrogens is 380 g/mol. The summed E-state index contributed by atoms with van der Waals surface area (Å²) < 4.78 is 5.14. The molecule has 4 heteroatoms. The molecule has 0 saturated heterocycles. The van der Waals surface area contributed by atoms with Crippen LogP contribution in [0.5, 0.6) is 0 Å². The highest BCUT2D eigenvalue weighted by Crippen LogP contribution is 2.51. The van der Waals surface area contributed by atoms with Crippen LogP contribution in [0.15, 0.2) is 92.9 Å². The lowest BCUT2D eigenvalue weighted by molar-refractivity contribution is -0.671. The van der Waals surface area contributed by atoms with Gasteiger partial charge in [-0.15, -0.1) is 0 Å². The zero-order chi connectivity index (χ0) is 19.3. The van der Waals surface area contributed by atoms with Gasteiger partial charge in [-0.25, -0.2) is 9.13 Å². The van der Waals surface area contributed by atoms with Crippen LogP contribution in [0, 0.1) is 23.7 Å². The maximum absolute atomic E-state index is 3.31. The van der Waals surface area contributed by atoms with E-state index in [2.05, 4.69) is 47.9 Å². The molecule has 1 aliphatic heterocycles. The molecule has 2 nitrogen and oxygen atoms in total. The normalized spacial score (nSPS) is 11.7. The second-order valence-electron chi connectivity index (χ2n) is 6.32. The molecule has 0 N–H and O–H groups in total. The second-order valence-corrected chi connectivity index (χ2v) is 8.68. The minimum Gasteiger partial charge on any atom is -0.208 e. The molecule has 1 aromatic carbocycles. The lowest BCUT2D eigenvalue weighted by Crippen LogP contribution is -2.25. The van der Waals surface area contributed by atoms with Gasteiger partial charge < -0.3 is 0 Å². The summed E-state index contributed by atoms with van der Waals surface area (Å²) in [5.74, 6) is 13.2. The number of allylic oxidation sites excluding steroid dienone is 1. The Kier molecular flexibility index (Phi) is 5.53. The van der Waals surface area contributed by atoms with Gasteiger partial charge in [0.15, 0.2) is 24.8 Å². The summed E-state index contributed by atoms with van der Waals surface area (Å²) >= 11 is 3.50. The van der Waals surface area contributed by atoms with Crippen LogP contribution in [0.25, 0.3) is 0 Å². The van der Waals surface area contributed by atoms with Crippen LogP contribution < -0.4 is 9.13 Å². The largest absolute Gasteiger partial charge is 0.208 e. The quantitative estimate of drug-likeness (QED) is 0.420. The summed E-state index contributed by atoms with van der Waals surface area (Å²) in [6.45, 7) is 0. The smallest absolute Gasteiger partial charge is 0.169 e. The van der Waals surface area contributed by atoms with Crippen molar-refractivity contribution in [3.05, 3.63) is 94.3 Å². The highest BCUT2D eigenvalue weighted by molar-refractivity contribution is 8.24. The fourth-order valence-corrected chi connectivity index (χ4v) is 4.91. The maximum atomic E-state index is 3.31. The monoisotopic (exact) mass is 398 g/mol. The third kappa shape index (κ3) is 4.49. The Morgan fingerprint density at radius 2 is 1.11 bits per heavy atom. The van der Waals surface area contributed by atoms with Crippen LogP contribution in [0.2, 0.25) is 0 Å². The Morgan fingerprint density at radius 3 is 1.54 bits per heavy atom. The van der Waals surface area contributed by atoms with E-state index in [-0.39, 0.29) is 0 Å². The van der Waals surface area contributed by atoms with Crippen molar-refractivity contribution in [1.82, 2.24) is 0 Å².